The average molecular weight is 299 g/mol. The highest BCUT2D eigenvalue weighted by molar-refractivity contribution is 5.75. The molecule has 21 heavy (non-hydrogen) atoms. The van der Waals surface area contributed by atoms with E-state index in [-0.39, 0.29) is 6.42 Å². The molecule has 0 amide bonds. The molecule has 0 aromatic heterocycles. The molecule has 0 radical (unpaired) electrons. The minimum absolute atomic E-state index is 0.221. The molecular weight excluding hydrogens is 283 g/mol. The van der Waals surface area contributed by atoms with Crippen LogP contribution in [0.15, 0.2) is 47.5 Å². The maximum Gasteiger partial charge on any atom is 0.419 e. The highest BCUT2D eigenvalue weighted by atomic mass is 19.4. The number of alkyl halides is 3. The number of hydrogen-bond donors (Lipinski definition) is 2. The summed E-state index contributed by atoms with van der Waals surface area (Å²) < 4.78 is 38.9. The van der Waals surface area contributed by atoms with Gasteiger partial charge in [0.15, 0.2) is 5.60 Å². The molecule has 0 bridgehead atoms. The number of aliphatic imine (C=N–C) groups is 1. The molecule has 0 aliphatic carbocycles. The SMILES string of the molecule is OCC(O)(CC1(Cc2ccccc2)C=CC=N1)C(F)(F)F. The summed E-state index contributed by atoms with van der Waals surface area (Å²) in [6, 6.07) is 8.95. The van der Waals surface area contributed by atoms with Crippen molar-refractivity contribution in [3.05, 3.63) is 48.0 Å². The van der Waals surface area contributed by atoms with Crippen molar-refractivity contribution in [2.45, 2.75) is 30.2 Å². The minimum Gasteiger partial charge on any atom is -0.393 e. The Balaban J connectivity index is 2.28. The van der Waals surface area contributed by atoms with Crippen LogP contribution in [0.3, 0.4) is 0 Å². The van der Waals surface area contributed by atoms with Gasteiger partial charge in [-0.05, 0) is 11.6 Å². The van der Waals surface area contributed by atoms with Gasteiger partial charge in [-0.15, -0.1) is 0 Å². The van der Waals surface area contributed by atoms with Crippen LogP contribution in [0.2, 0.25) is 0 Å². The molecular formula is C15H16F3NO2. The normalized spacial score (nSPS) is 24.2. The summed E-state index contributed by atoms with van der Waals surface area (Å²) in [5.74, 6) is 0. The summed E-state index contributed by atoms with van der Waals surface area (Å²) in [6.45, 7) is -1.39. The lowest BCUT2D eigenvalue weighted by atomic mass is 9.80. The first kappa shape index (κ1) is 15.7. The fourth-order valence-electron chi connectivity index (χ4n) is 2.43. The van der Waals surface area contributed by atoms with E-state index in [0.717, 1.165) is 5.56 Å². The molecule has 0 fully saturated rings. The van der Waals surface area contributed by atoms with Gasteiger partial charge >= 0.3 is 6.18 Å². The lowest BCUT2D eigenvalue weighted by Gasteiger charge is -2.36. The van der Waals surface area contributed by atoms with Crippen molar-refractivity contribution in [3.63, 3.8) is 0 Å². The van der Waals surface area contributed by atoms with Crippen LogP contribution in [-0.4, -0.2) is 40.4 Å². The number of aliphatic hydroxyl groups is 2. The number of hydrogen-bond acceptors (Lipinski definition) is 3. The summed E-state index contributed by atoms with van der Waals surface area (Å²) in [5.41, 5.74) is -3.56. The topological polar surface area (TPSA) is 52.8 Å². The van der Waals surface area contributed by atoms with E-state index in [1.54, 1.807) is 30.3 Å². The van der Waals surface area contributed by atoms with Crippen LogP contribution in [0.5, 0.6) is 0 Å². The molecule has 1 aromatic rings. The standard InChI is InChI=1S/C15H16F3NO2/c16-15(17,18)14(21,11-20)10-13(7-4-8-19-13)9-12-5-2-1-3-6-12/h1-8,20-21H,9-11H2. The van der Waals surface area contributed by atoms with Crippen molar-refractivity contribution in [2.75, 3.05) is 6.61 Å². The van der Waals surface area contributed by atoms with Gasteiger partial charge in [-0.3, -0.25) is 4.99 Å². The lowest BCUT2D eigenvalue weighted by Crippen LogP contribution is -2.53. The third-order valence-electron chi connectivity index (χ3n) is 3.57. The number of rotatable bonds is 5. The summed E-state index contributed by atoms with van der Waals surface area (Å²) in [4.78, 5) is 4.10. The van der Waals surface area contributed by atoms with E-state index in [2.05, 4.69) is 4.99 Å². The highest BCUT2D eigenvalue weighted by Gasteiger charge is 2.56. The predicted molar refractivity (Wildman–Crippen MR) is 73.2 cm³/mol. The van der Waals surface area contributed by atoms with Gasteiger partial charge < -0.3 is 10.2 Å². The Bertz CT molecular complexity index is 528. The van der Waals surface area contributed by atoms with Crippen LogP contribution in [0.1, 0.15) is 12.0 Å². The van der Waals surface area contributed by atoms with E-state index in [0.29, 0.717) is 0 Å². The van der Waals surface area contributed by atoms with E-state index in [1.165, 1.54) is 12.3 Å². The van der Waals surface area contributed by atoms with Gasteiger partial charge in [0.1, 0.15) is 0 Å². The molecule has 2 N–H and O–H groups in total. The van der Waals surface area contributed by atoms with Crippen LogP contribution >= 0.6 is 0 Å². The van der Waals surface area contributed by atoms with Crippen molar-refractivity contribution >= 4 is 6.21 Å². The number of nitrogens with zero attached hydrogens (tertiary/aromatic N) is 1. The number of allylic oxidation sites excluding steroid dienone is 1. The lowest BCUT2D eigenvalue weighted by molar-refractivity contribution is -0.276. The zero-order valence-electron chi connectivity index (χ0n) is 11.2. The summed E-state index contributed by atoms with van der Waals surface area (Å²) >= 11 is 0. The van der Waals surface area contributed by atoms with E-state index in [1.807, 2.05) is 6.07 Å². The molecule has 2 unspecified atom stereocenters. The number of halogens is 3. The molecule has 0 saturated carbocycles. The Morgan fingerprint density at radius 1 is 1.14 bits per heavy atom. The van der Waals surface area contributed by atoms with E-state index < -0.39 is 30.3 Å². The van der Waals surface area contributed by atoms with Gasteiger partial charge in [0, 0.05) is 19.1 Å². The Labute approximate surface area is 120 Å². The molecule has 0 saturated heterocycles. The molecule has 0 spiro atoms. The summed E-state index contributed by atoms with van der Waals surface area (Å²) in [5, 5.41) is 18.8. The molecule has 3 nitrogen and oxygen atoms in total. The zero-order valence-corrected chi connectivity index (χ0v) is 11.2. The fraction of sp³-hybridized carbons (Fsp3) is 0.400. The Morgan fingerprint density at radius 3 is 2.29 bits per heavy atom. The predicted octanol–water partition coefficient (Wildman–Crippen LogP) is 2.28. The van der Waals surface area contributed by atoms with Crippen LogP contribution in [0.4, 0.5) is 13.2 Å². The van der Waals surface area contributed by atoms with Crippen LogP contribution in [0.25, 0.3) is 0 Å². The van der Waals surface area contributed by atoms with Gasteiger partial charge in [0.2, 0.25) is 0 Å². The molecule has 1 aromatic carbocycles. The molecule has 114 valence electrons. The van der Waals surface area contributed by atoms with E-state index in [4.69, 9.17) is 5.11 Å². The fourth-order valence-corrected chi connectivity index (χ4v) is 2.43. The molecule has 1 aliphatic heterocycles. The van der Waals surface area contributed by atoms with Crippen molar-refractivity contribution in [2.24, 2.45) is 4.99 Å². The number of benzene rings is 1. The second-order valence-electron chi connectivity index (χ2n) is 5.27. The quantitative estimate of drug-likeness (QED) is 0.876. The maximum atomic E-state index is 13.0. The largest absolute Gasteiger partial charge is 0.419 e. The van der Waals surface area contributed by atoms with Crippen molar-refractivity contribution < 1.29 is 23.4 Å². The van der Waals surface area contributed by atoms with Crippen molar-refractivity contribution in [3.8, 4) is 0 Å². The first-order chi connectivity index (χ1) is 9.80. The highest BCUT2D eigenvalue weighted by Crippen LogP contribution is 2.40. The first-order valence-corrected chi connectivity index (χ1v) is 6.47. The third-order valence-corrected chi connectivity index (χ3v) is 3.57. The second-order valence-corrected chi connectivity index (χ2v) is 5.27. The van der Waals surface area contributed by atoms with Gasteiger partial charge in [0.05, 0.1) is 12.1 Å². The average Bonchev–Trinajstić information content (AvgIpc) is 2.86. The molecule has 1 heterocycles. The van der Waals surface area contributed by atoms with Crippen LogP contribution in [0, 0.1) is 0 Å². The van der Waals surface area contributed by atoms with E-state index in [9.17, 15) is 18.3 Å². The number of aliphatic hydroxyl groups excluding tert-OH is 1. The monoisotopic (exact) mass is 299 g/mol. The Morgan fingerprint density at radius 2 is 1.81 bits per heavy atom. The first-order valence-electron chi connectivity index (χ1n) is 6.47. The smallest absolute Gasteiger partial charge is 0.393 e. The Hall–Kier alpha value is -1.66. The minimum atomic E-state index is -4.92. The van der Waals surface area contributed by atoms with Gasteiger partial charge in [0.25, 0.3) is 0 Å². The maximum absolute atomic E-state index is 13.0. The third kappa shape index (κ3) is 3.33. The Kier molecular flexibility index (Phi) is 4.20. The second kappa shape index (κ2) is 5.61. The molecule has 6 heteroatoms. The summed E-state index contributed by atoms with van der Waals surface area (Å²) in [7, 11) is 0. The molecule has 2 rings (SSSR count). The molecule has 1 aliphatic rings. The van der Waals surface area contributed by atoms with Crippen molar-refractivity contribution in [1.82, 2.24) is 0 Å². The summed E-state index contributed by atoms with van der Waals surface area (Å²) in [6.07, 6.45) is -0.918. The van der Waals surface area contributed by atoms with Crippen molar-refractivity contribution in [1.29, 1.82) is 0 Å². The molecule has 2 atom stereocenters. The van der Waals surface area contributed by atoms with Gasteiger partial charge in [-0.1, -0.05) is 36.4 Å². The zero-order chi connectivity index (χ0) is 15.6. The van der Waals surface area contributed by atoms with Gasteiger partial charge in [-0.2, -0.15) is 13.2 Å². The van der Waals surface area contributed by atoms with E-state index >= 15 is 0 Å². The van der Waals surface area contributed by atoms with Crippen LogP contribution < -0.4 is 0 Å². The van der Waals surface area contributed by atoms with Crippen LogP contribution in [-0.2, 0) is 6.42 Å². The van der Waals surface area contributed by atoms with Gasteiger partial charge in [-0.25, -0.2) is 0 Å².